The number of amides is 2. The molecule has 0 bridgehead atoms. The fourth-order valence-corrected chi connectivity index (χ4v) is 2.65. The predicted octanol–water partition coefficient (Wildman–Crippen LogP) is 3.05. The van der Waals surface area contributed by atoms with Crippen LogP contribution in [0.25, 0.3) is 0 Å². The molecule has 0 aliphatic carbocycles. The molecule has 1 aromatic rings. The van der Waals surface area contributed by atoms with Gasteiger partial charge in [0.1, 0.15) is 0 Å². The van der Waals surface area contributed by atoms with Crippen LogP contribution in [0.4, 0.5) is 11.4 Å². The zero-order chi connectivity index (χ0) is 18.1. The molecule has 0 atom stereocenters. The van der Waals surface area contributed by atoms with E-state index in [4.69, 9.17) is 0 Å². The van der Waals surface area contributed by atoms with Crippen molar-refractivity contribution in [2.24, 2.45) is 5.92 Å². The highest BCUT2D eigenvalue weighted by molar-refractivity contribution is 5.91. The topological polar surface area (TPSA) is 52.6 Å². The second kappa shape index (κ2) is 9.96. The van der Waals surface area contributed by atoms with E-state index in [0.29, 0.717) is 25.4 Å². The van der Waals surface area contributed by atoms with Crippen LogP contribution in [0.2, 0.25) is 0 Å². The summed E-state index contributed by atoms with van der Waals surface area (Å²) in [5, 5.41) is 2.88. The smallest absolute Gasteiger partial charge is 0.223 e. The third-order valence-electron chi connectivity index (χ3n) is 3.92. The third-order valence-corrected chi connectivity index (χ3v) is 3.92. The van der Waals surface area contributed by atoms with Gasteiger partial charge in [-0.15, -0.1) is 0 Å². The minimum atomic E-state index is -0.0244. The number of nitrogens with zero attached hydrogens (tertiary/aromatic N) is 2. The highest BCUT2D eigenvalue weighted by Gasteiger charge is 2.13. The largest absolute Gasteiger partial charge is 0.372 e. The maximum atomic E-state index is 11.9. The summed E-state index contributed by atoms with van der Waals surface area (Å²) >= 11 is 0. The summed E-state index contributed by atoms with van der Waals surface area (Å²) < 4.78 is 0. The standard InChI is InChI=1S/C19H31N3O2/c1-6-21(7-2)17-8-10-18(11-9-17)22(16(5)23)13-12-20-19(24)14-15(3)4/h8-11,15H,6-7,12-14H2,1-5H3,(H,20,24). The van der Waals surface area contributed by atoms with E-state index in [2.05, 4.69) is 24.1 Å². The van der Waals surface area contributed by atoms with Crippen molar-refractivity contribution in [1.82, 2.24) is 5.32 Å². The van der Waals surface area contributed by atoms with Gasteiger partial charge in [0, 0.05) is 50.9 Å². The second-order valence-electron chi connectivity index (χ2n) is 6.31. The summed E-state index contributed by atoms with van der Waals surface area (Å²) in [7, 11) is 0. The molecule has 134 valence electrons. The summed E-state index contributed by atoms with van der Waals surface area (Å²) in [5.41, 5.74) is 2.01. The highest BCUT2D eigenvalue weighted by Crippen LogP contribution is 2.20. The molecule has 1 N–H and O–H groups in total. The molecule has 0 fully saturated rings. The Bertz CT molecular complexity index is 522. The Morgan fingerprint density at radius 1 is 1.04 bits per heavy atom. The van der Waals surface area contributed by atoms with Crippen molar-refractivity contribution >= 4 is 23.2 Å². The lowest BCUT2D eigenvalue weighted by molar-refractivity contribution is -0.122. The molecule has 5 nitrogen and oxygen atoms in total. The number of anilines is 2. The molecule has 5 heteroatoms. The maximum Gasteiger partial charge on any atom is 0.223 e. The minimum Gasteiger partial charge on any atom is -0.372 e. The number of rotatable bonds is 9. The van der Waals surface area contributed by atoms with Crippen LogP contribution in [0.5, 0.6) is 0 Å². The van der Waals surface area contributed by atoms with Crippen molar-refractivity contribution in [1.29, 1.82) is 0 Å². The van der Waals surface area contributed by atoms with Gasteiger partial charge in [0.2, 0.25) is 11.8 Å². The maximum absolute atomic E-state index is 11.9. The lowest BCUT2D eigenvalue weighted by Gasteiger charge is -2.24. The summed E-state index contributed by atoms with van der Waals surface area (Å²) in [5.74, 6) is 0.343. The molecular formula is C19H31N3O2. The van der Waals surface area contributed by atoms with Crippen molar-refractivity contribution in [2.45, 2.75) is 41.0 Å². The van der Waals surface area contributed by atoms with Crippen molar-refractivity contribution in [2.75, 3.05) is 36.0 Å². The van der Waals surface area contributed by atoms with Gasteiger partial charge in [-0.3, -0.25) is 9.59 Å². The average molecular weight is 333 g/mol. The quantitative estimate of drug-likeness (QED) is 0.756. The minimum absolute atomic E-state index is 0.0244. The molecule has 0 unspecified atom stereocenters. The second-order valence-corrected chi connectivity index (χ2v) is 6.31. The SMILES string of the molecule is CCN(CC)c1ccc(N(CCNC(=O)CC(C)C)C(C)=O)cc1. The Labute approximate surface area is 146 Å². The lowest BCUT2D eigenvalue weighted by atomic mass is 10.1. The molecule has 0 aliphatic heterocycles. The molecule has 2 amide bonds. The van der Waals surface area contributed by atoms with Gasteiger partial charge in [-0.05, 0) is 44.0 Å². The number of benzene rings is 1. The van der Waals surface area contributed by atoms with Gasteiger partial charge in [-0.2, -0.15) is 0 Å². The molecule has 0 saturated heterocycles. The van der Waals surface area contributed by atoms with Crippen LogP contribution in [-0.4, -0.2) is 38.0 Å². The van der Waals surface area contributed by atoms with E-state index in [1.165, 1.54) is 0 Å². The molecule has 24 heavy (non-hydrogen) atoms. The van der Waals surface area contributed by atoms with Crippen LogP contribution in [0, 0.1) is 5.92 Å². The zero-order valence-corrected chi connectivity index (χ0v) is 15.6. The van der Waals surface area contributed by atoms with E-state index in [1.54, 1.807) is 11.8 Å². The molecule has 1 rings (SSSR count). The Morgan fingerprint density at radius 2 is 1.58 bits per heavy atom. The predicted molar refractivity (Wildman–Crippen MR) is 100 cm³/mol. The van der Waals surface area contributed by atoms with E-state index in [1.807, 2.05) is 38.1 Å². The van der Waals surface area contributed by atoms with Crippen LogP contribution in [0.1, 0.15) is 41.0 Å². The number of carbonyl (C=O) groups excluding carboxylic acids is 2. The molecule has 0 spiro atoms. The van der Waals surface area contributed by atoms with Gasteiger partial charge in [0.05, 0.1) is 0 Å². The van der Waals surface area contributed by atoms with Crippen LogP contribution in [0.3, 0.4) is 0 Å². The van der Waals surface area contributed by atoms with Crippen LogP contribution in [-0.2, 0) is 9.59 Å². The monoisotopic (exact) mass is 333 g/mol. The first-order chi connectivity index (χ1) is 11.4. The van der Waals surface area contributed by atoms with E-state index in [-0.39, 0.29) is 11.8 Å². The van der Waals surface area contributed by atoms with E-state index >= 15 is 0 Å². The fourth-order valence-electron chi connectivity index (χ4n) is 2.65. The van der Waals surface area contributed by atoms with Crippen molar-refractivity contribution < 1.29 is 9.59 Å². The summed E-state index contributed by atoms with van der Waals surface area (Å²) in [6.07, 6.45) is 0.513. The van der Waals surface area contributed by atoms with Crippen molar-refractivity contribution in [3.05, 3.63) is 24.3 Å². The fraction of sp³-hybridized carbons (Fsp3) is 0.579. The molecular weight excluding hydrogens is 302 g/mol. The molecule has 0 heterocycles. The van der Waals surface area contributed by atoms with Crippen LogP contribution >= 0.6 is 0 Å². The highest BCUT2D eigenvalue weighted by atomic mass is 16.2. The van der Waals surface area contributed by atoms with Gasteiger partial charge in [0.25, 0.3) is 0 Å². The summed E-state index contributed by atoms with van der Waals surface area (Å²) in [6.45, 7) is 12.7. The van der Waals surface area contributed by atoms with Gasteiger partial charge in [0.15, 0.2) is 0 Å². The van der Waals surface area contributed by atoms with E-state index in [0.717, 1.165) is 24.5 Å². The molecule has 0 saturated carbocycles. The number of hydrogen-bond acceptors (Lipinski definition) is 3. The summed E-state index contributed by atoms with van der Waals surface area (Å²) in [4.78, 5) is 27.6. The Morgan fingerprint density at radius 3 is 2.04 bits per heavy atom. The van der Waals surface area contributed by atoms with E-state index in [9.17, 15) is 9.59 Å². The lowest BCUT2D eigenvalue weighted by Crippen LogP contribution is -2.37. The van der Waals surface area contributed by atoms with Gasteiger partial charge in [-0.25, -0.2) is 0 Å². The van der Waals surface area contributed by atoms with E-state index < -0.39 is 0 Å². The average Bonchev–Trinajstić information content (AvgIpc) is 2.52. The van der Waals surface area contributed by atoms with Crippen LogP contribution < -0.4 is 15.1 Å². The normalized spacial score (nSPS) is 10.6. The van der Waals surface area contributed by atoms with Gasteiger partial charge < -0.3 is 15.1 Å². The van der Waals surface area contributed by atoms with Crippen LogP contribution in [0.15, 0.2) is 24.3 Å². The third kappa shape index (κ3) is 6.22. The Kier molecular flexibility index (Phi) is 8.30. The molecule has 0 aliphatic rings. The van der Waals surface area contributed by atoms with Gasteiger partial charge >= 0.3 is 0 Å². The number of hydrogen-bond donors (Lipinski definition) is 1. The first kappa shape index (κ1) is 20.0. The zero-order valence-electron chi connectivity index (χ0n) is 15.6. The molecule has 1 aromatic carbocycles. The summed E-state index contributed by atoms with van der Waals surface area (Å²) in [6, 6.07) is 8.00. The number of carbonyl (C=O) groups is 2. The van der Waals surface area contributed by atoms with Gasteiger partial charge in [-0.1, -0.05) is 13.8 Å². The Hall–Kier alpha value is -2.04. The van der Waals surface area contributed by atoms with Crippen molar-refractivity contribution in [3.63, 3.8) is 0 Å². The Balaban J connectivity index is 2.68. The molecule has 0 radical (unpaired) electrons. The first-order valence-corrected chi connectivity index (χ1v) is 8.78. The number of nitrogens with one attached hydrogen (secondary N) is 1. The molecule has 0 aromatic heterocycles. The van der Waals surface area contributed by atoms with Crippen molar-refractivity contribution in [3.8, 4) is 0 Å². The first-order valence-electron chi connectivity index (χ1n) is 8.78.